The molecule has 1 aromatic carbocycles. The number of hydrogen-bond donors (Lipinski definition) is 0. The van der Waals surface area contributed by atoms with Crippen molar-refractivity contribution in [2.75, 3.05) is 39.4 Å². The van der Waals surface area contributed by atoms with Crippen LogP contribution in [0.5, 0.6) is 0 Å². The predicted molar refractivity (Wildman–Crippen MR) is 102 cm³/mol. The van der Waals surface area contributed by atoms with E-state index in [4.69, 9.17) is 4.74 Å². The second kappa shape index (κ2) is 8.16. The van der Waals surface area contributed by atoms with E-state index in [0.29, 0.717) is 36.4 Å². The highest BCUT2D eigenvalue weighted by atomic mass is 19.2. The van der Waals surface area contributed by atoms with Crippen molar-refractivity contribution in [2.45, 2.75) is 26.3 Å². The van der Waals surface area contributed by atoms with Crippen molar-refractivity contribution in [1.82, 2.24) is 24.8 Å². The highest BCUT2D eigenvalue weighted by Crippen LogP contribution is 2.27. The van der Waals surface area contributed by atoms with Gasteiger partial charge in [-0.05, 0) is 25.0 Å². The van der Waals surface area contributed by atoms with Crippen LogP contribution < -0.4 is 0 Å². The molecular formula is C20H25F2N5O2. The van der Waals surface area contributed by atoms with Crippen LogP contribution in [0.25, 0.3) is 5.69 Å². The fourth-order valence-corrected chi connectivity index (χ4v) is 4.28. The predicted octanol–water partition coefficient (Wildman–Crippen LogP) is 2.04. The summed E-state index contributed by atoms with van der Waals surface area (Å²) >= 11 is 0. The molecule has 2 aliphatic rings. The molecule has 2 aromatic rings. The Balaban J connectivity index is 1.54. The normalized spacial score (nSPS) is 23.0. The third-order valence-electron chi connectivity index (χ3n) is 5.98. The first-order valence-electron chi connectivity index (χ1n) is 9.98. The van der Waals surface area contributed by atoms with Crippen LogP contribution in [0.1, 0.15) is 29.5 Å². The van der Waals surface area contributed by atoms with E-state index in [9.17, 15) is 13.6 Å². The van der Waals surface area contributed by atoms with Gasteiger partial charge in [-0.15, -0.1) is 5.10 Å². The van der Waals surface area contributed by atoms with Gasteiger partial charge in [0.25, 0.3) is 5.91 Å². The van der Waals surface area contributed by atoms with Gasteiger partial charge in [0.05, 0.1) is 24.6 Å². The molecule has 9 heteroatoms. The topological polar surface area (TPSA) is 63.5 Å². The Kier molecular flexibility index (Phi) is 5.60. The minimum atomic E-state index is -0.969. The number of carbonyl (C=O) groups is 1. The Bertz CT molecular complexity index is 897. The van der Waals surface area contributed by atoms with Gasteiger partial charge in [0.15, 0.2) is 17.3 Å². The number of nitrogens with zero attached hydrogens (tertiary/aromatic N) is 5. The quantitative estimate of drug-likeness (QED) is 0.779. The van der Waals surface area contributed by atoms with E-state index in [1.165, 1.54) is 10.7 Å². The molecule has 4 rings (SSSR count). The molecule has 0 N–H and O–H groups in total. The highest BCUT2D eigenvalue weighted by molar-refractivity contribution is 5.93. The maximum absolute atomic E-state index is 13.6. The molecule has 2 unspecified atom stereocenters. The number of aromatic nitrogens is 3. The summed E-state index contributed by atoms with van der Waals surface area (Å²) in [6, 6.07) is 3.80. The first-order chi connectivity index (χ1) is 14.0. The number of halogens is 2. The van der Waals surface area contributed by atoms with Gasteiger partial charge in [0.1, 0.15) is 0 Å². The molecule has 0 bridgehead atoms. The van der Waals surface area contributed by atoms with Crippen molar-refractivity contribution in [3.63, 3.8) is 0 Å². The van der Waals surface area contributed by atoms with Gasteiger partial charge in [-0.1, -0.05) is 18.6 Å². The third kappa shape index (κ3) is 3.76. The summed E-state index contributed by atoms with van der Waals surface area (Å²) in [4.78, 5) is 17.4. The summed E-state index contributed by atoms with van der Waals surface area (Å²) in [5, 5.41) is 8.05. The number of hydrogen-bond acceptors (Lipinski definition) is 5. The Morgan fingerprint density at radius 1 is 1.21 bits per heavy atom. The minimum Gasteiger partial charge on any atom is -0.379 e. The van der Waals surface area contributed by atoms with E-state index in [-0.39, 0.29) is 11.6 Å². The van der Waals surface area contributed by atoms with Crippen molar-refractivity contribution >= 4 is 5.91 Å². The van der Waals surface area contributed by atoms with E-state index in [0.717, 1.165) is 44.9 Å². The molecule has 156 valence electrons. The number of morpholine rings is 1. The molecule has 2 saturated heterocycles. The van der Waals surface area contributed by atoms with Gasteiger partial charge in [-0.25, -0.2) is 13.5 Å². The van der Waals surface area contributed by atoms with Crippen LogP contribution in [0.2, 0.25) is 0 Å². The Morgan fingerprint density at radius 2 is 1.97 bits per heavy atom. The lowest BCUT2D eigenvalue weighted by Crippen LogP contribution is -2.47. The van der Waals surface area contributed by atoms with Crippen LogP contribution in [0, 0.1) is 24.5 Å². The van der Waals surface area contributed by atoms with E-state index < -0.39 is 11.6 Å². The number of rotatable bonds is 4. The van der Waals surface area contributed by atoms with Crippen LogP contribution in [0.3, 0.4) is 0 Å². The van der Waals surface area contributed by atoms with E-state index >= 15 is 0 Å². The standard InChI is InChI=1S/C20H25F2N5O2/c1-3-14-11-26(12-18(14)25-6-8-29-9-7-25)20(28)19-13(2)27(24-23-19)15-4-5-16(21)17(22)10-15/h4-5,10,14,18H,3,6-9,11-12H2,1-2H3. The lowest BCUT2D eigenvalue weighted by Gasteiger charge is -2.34. The molecule has 7 nitrogen and oxygen atoms in total. The number of benzene rings is 1. The molecule has 1 aromatic heterocycles. The third-order valence-corrected chi connectivity index (χ3v) is 5.98. The molecule has 0 spiro atoms. The molecule has 0 radical (unpaired) electrons. The summed E-state index contributed by atoms with van der Waals surface area (Å²) in [5.74, 6) is -1.67. The minimum absolute atomic E-state index is 0.175. The lowest BCUT2D eigenvalue weighted by molar-refractivity contribution is 0.0102. The van der Waals surface area contributed by atoms with E-state index in [2.05, 4.69) is 22.1 Å². The Hall–Kier alpha value is -2.39. The van der Waals surface area contributed by atoms with Crippen molar-refractivity contribution in [1.29, 1.82) is 0 Å². The van der Waals surface area contributed by atoms with Crippen LogP contribution in [0.15, 0.2) is 18.2 Å². The molecule has 2 aliphatic heterocycles. The second-order valence-corrected chi connectivity index (χ2v) is 7.63. The lowest BCUT2D eigenvalue weighted by atomic mass is 9.99. The van der Waals surface area contributed by atoms with Crippen LogP contribution >= 0.6 is 0 Å². The SMILES string of the molecule is CCC1CN(C(=O)c2nnn(-c3ccc(F)c(F)c3)c2C)CC1N1CCOCC1. The molecule has 0 saturated carbocycles. The van der Waals surface area contributed by atoms with E-state index in [1.54, 1.807) is 6.92 Å². The molecule has 29 heavy (non-hydrogen) atoms. The van der Waals surface area contributed by atoms with Gasteiger partial charge in [-0.3, -0.25) is 9.69 Å². The summed E-state index contributed by atoms with van der Waals surface area (Å²) in [7, 11) is 0. The van der Waals surface area contributed by atoms with Gasteiger partial charge in [-0.2, -0.15) is 0 Å². The Labute approximate surface area is 168 Å². The van der Waals surface area contributed by atoms with Crippen molar-refractivity contribution in [3.05, 3.63) is 41.2 Å². The van der Waals surface area contributed by atoms with Crippen LogP contribution in [0.4, 0.5) is 8.78 Å². The average Bonchev–Trinajstić information content (AvgIpc) is 3.34. The molecule has 2 atom stereocenters. The van der Waals surface area contributed by atoms with Gasteiger partial charge >= 0.3 is 0 Å². The molecule has 3 heterocycles. The van der Waals surface area contributed by atoms with Gasteiger partial charge in [0.2, 0.25) is 0 Å². The van der Waals surface area contributed by atoms with Crippen molar-refractivity contribution in [2.24, 2.45) is 5.92 Å². The zero-order valence-corrected chi connectivity index (χ0v) is 16.6. The fourth-order valence-electron chi connectivity index (χ4n) is 4.28. The molecule has 2 fully saturated rings. The summed E-state index contributed by atoms with van der Waals surface area (Å²) < 4.78 is 33.6. The largest absolute Gasteiger partial charge is 0.379 e. The Morgan fingerprint density at radius 3 is 2.66 bits per heavy atom. The smallest absolute Gasteiger partial charge is 0.276 e. The number of carbonyl (C=O) groups excluding carboxylic acids is 1. The van der Waals surface area contributed by atoms with Gasteiger partial charge in [0, 0.05) is 38.3 Å². The second-order valence-electron chi connectivity index (χ2n) is 7.63. The molecule has 0 aliphatic carbocycles. The maximum Gasteiger partial charge on any atom is 0.276 e. The van der Waals surface area contributed by atoms with E-state index in [1.807, 2.05) is 4.90 Å². The highest BCUT2D eigenvalue weighted by Gasteiger charge is 2.39. The summed E-state index contributed by atoms with van der Waals surface area (Å²) in [5.41, 5.74) is 1.07. The first-order valence-corrected chi connectivity index (χ1v) is 9.98. The molecular weight excluding hydrogens is 380 g/mol. The zero-order chi connectivity index (χ0) is 20.5. The summed E-state index contributed by atoms with van der Waals surface area (Å²) in [6.07, 6.45) is 0.992. The maximum atomic E-state index is 13.6. The summed E-state index contributed by atoms with van der Waals surface area (Å²) in [6.45, 7) is 8.40. The van der Waals surface area contributed by atoms with Gasteiger partial charge < -0.3 is 9.64 Å². The van der Waals surface area contributed by atoms with Crippen LogP contribution in [-0.2, 0) is 4.74 Å². The van der Waals surface area contributed by atoms with Crippen LogP contribution in [-0.4, -0.2) is 76.1 Å². The van der Waals surface area contributed by atoms with Crippen molar-refractivity contribution in [3.8, 4) is 5.69 Å². The zero-order valence-electron chi connectivity index (χ0n) is 16.6. The number of likely N-dealkylation sites (tertiary alicyclic amines) is 1. The number of ether oxygens (including phenoxy) is 1. The first kappa shape index (κ1) is 19.9. The van der Waals surface area contributed by atoms with Crippen molar-refractivity contribution < 1.29 is 18.3 Å². The number of amides is 1. The fraction of sp³-hybridized carbons (Fsp3) is 0.550. The average molecular weight is 405 g/mol. The monoisotopic (exact) mass is 405 g/mol. The molecule has 1 amide bonds.